The maximum Gasteiger partial charge on any atom is 0.164 e. The molecule has 1 N–H and O–H groups in total. The van der Waals surface area contributed by atoms with Crippen LogP contribution in [0.15, 0.2) is 0 Å². The first-order valence-electron chi connectivity index (χ1n) is 5.38. The molecule has 1 aromatic heterocycles. The van der Waals surface area contributed by atoms with Gasteiger partial charge in [-0.15, -0.1) is 0 Å². The van der Waals surface area contributed by atoms with Gasteiger partial charge in [-0.3, -0.25) is 4.79 Å². The van der Waals surface area contributed by atoms with Crippen LogP contribution in [0.1, 0.15) is 29.4 Å². The van der Waals surface area contributed by atoms with Crippen molar-refractivity contribution in [2.45, 2.75) is 20.3 Å². The molecule has 4 nitrogen and oxygen atoms in total. The monoisotopic (exact) mass is 241 g/mol. The molecular weight excluding hydrogens is 222 g/mol. The van der Waals surface area contributed by atoms with Crippen LogP contribution in [-0.4, -0.2) is 42.2 Å². The first-order chi connectivity index (χ1) is 7.52. The minimum absolute atomic E-state index is 0.0846. The van der Waals surface area contributed by atoms with Gasteiger partial charge in [0, 0.05) is 6.54 Å². The lowest BCUT2D eigenvalue weighted by Crippen LogP contribution is -2.16. The normalized spacial score (nSPS) is 10.8. The van der Waals surface area contributed by atoms with Crippen LogP contribution in [-0.2, 0) is 0 Å². The van der Waals surface area contributed by atoms with Gasteiger partial charge in [-0.1, -0.05) is 0 Å². The lowest BCUT2D eigenvalue weighted by atomic mass is 10.2. The Kier molecular flexibility index (Phi) is 4.89. The minimum Gasteiger partial charge on any atom is -0.375 e. The van der Waals surface area contributed by atoms with Gasteiger partial charge >= 0.3 is 0 Å². The van der Waals surface area contributed by atoms with E-state index in [1.165, 1.54) is 11.5 Å². The summed E-state index contributed by atoms with van der Waals surface area (Å²) in [6.07, 6.45) is 1.06. The number of carbonyl (C=O) groups excluding carboxylic acids is 1. The van der Waals surface area contributed by atoms with E-state index in [2.05, 4.69) is 28.7 Å². The van der Waals surface area contributed by atoms with E-state index in [4.69, 9.17) is 0 Å². The molecule has 0 unspecified atom stereocenters. The summed E-state index contributed by atoms with van der Waals surface area (Å²) >= 11 is 1.37. The second-order valence-corrected chi connectivity index (χ2v) is 4.89. The number of rotatable bonds is 6. The van der Waals surface area contributed by atoms with Gasteiger partial charge in [0.15, 0.2) is 5.78 Å². The van der Waals surface area contributed by atoms with Gasteiger partial charge in [-0.25, -0.2) is 0 Å². The Labute approximate surface area is 101 Å². The van der Waals surface area contributed by atoms with E-state index < -0.39 is 0 Å². The highest BCUT2D eigenvalue weighted by molar-refractivity contribution is 7.10. The molecule has 0 aliphatic carbocycles. The van der Waals surface area contributed by atoms with Crippen molar-refractivity contribution in [1.29, 1.82) is 0 Å². The number of aromatic nitrogens is 1. The van der Waals surface area contributed by atoms with Crippen LogP contribution in [0.5, 0.6) is 0 Å². The third kappa shape index (κ3) is 3.57. The number of hydrogen-bond acceptors (Lipinski definition) is 5. The van der Waals surface area contributed by atoms with Gasteiger partial charge in [0.1, 0.15) is 5.00 Å². The Balaban J connectivity index is 2.51. The number of hydrogen-bond donors (Lipinski definition) is 1. The van der Waals surface area contributed by atoms with Crippen molar-refractivity contribution in [3.05, 3.63) is 11.3 Å². The first kappa shape index (κ1) is 13.1. The second-order valence-electron chi connectivity index (χ2n) is 4.11. The molecule has 0 fully saturated rings. The second kappa shape index (κ2) is 5.96. The summed E-state index contributed by atoms with van der Waals surface area (Å²) in [5.74, 6) is 0.0846. The molecule has 0 bridgehead atoms. The molecule has 0 radical (unpaired) electrons. The molecule has 0 saturated heterocycles. The van der Waals surface area contributed by atoms with Crippen LogP contribution in [0, 0.1) is 6.92 Å². The maximum atomic E-state index is 11.4. The number of Topliss-reactive ketones (excluding diaryl/α,β-unsaturated/α-hetero) is 1. The molecule has 1 rings (SSSR count). The number of aryl methyl sites for hydroxylation is 1. The highest BCUT2D eigenvalue weighted by Crippen LogP contribution is 2.24. The summed E-state index contributed by atoms with van der Waals surface area (Å²) in [5, 5.41) is 4.19. The Morgan fingerprint density at radius 1 is 1.50 bits per heavy atom. The number of anilines is 1. The molecule has 0 aliphatic rings. The standard InChI is InChI=1S/C11H19N3OS/c1-8-10(9(2)15)11(16-13-8)12-6-5-7-14(3)4/h12H,5-7H2,1-4H3. The average molecular weight is 241 g/mol. The summed E-state index contributed by atoms with van der Waals surface area (Å²) in [6.45, 7) is 5.38. The molecule has 0 spiro atoms. The zero-order valence-corrected chi connectivity index (χ0v) is 11.1. The van der Waals surface area contributed by atoms with Crippen LogP contribution in [0.2, 0.25) is 0 Å². The van der Waals surface area contributed by atoms with Gasteiger partial charge in [-0.05, 0) is 52.4 Å². The van der Waals surface area contributed by atoms with E-state index in [1.54, 1.807) is 6.92 Å². The van der Waals surface area contributed by atoms with Crippen molar-refractivity contribution in [2.75, 3.05) is 32.5 Å². The van der Waals surface area contributed by atoms with Crippen molar-refractivity contribution in [3.8, 4) is 0 Å². The predicted octanol–water partition coefficient (Wildman–Crippen LogP) is 2.02. The molecule has 0 aliphatic heterocycles. The maximum absolute atomic E-state index is 11.4. The van der Waals surface area contributed by atoms with Crippen molar-refractivity contribution in [2.24, 2.45) is 0 Å². The van der Waals surface area contributed by atoms with Crippen LogP contribution in [0.4, 0.5) is 5.00 Å². The Bertz CT molecular complexity index is 360. The molecule has 0 aromatic carbocycles. The molecule has 16 heavy (non-hydrogen) atoms. The van der Waals surface area contributed by atoms with Gasteiger partial charge < -0.3 is 10.2 Å². The molecule has 5 heteroatoms. The topological polar surface area (TPSA) is 45.2 Å². The molecular formula is C11H19N3OS. The molecule has 1 heterocycles. The quantitative estimate of drug-likeness (QED) is 0.611. The highest BCUT2D eigenvalue weighted by Gasteiger charge is 2.13. The number of ketones is 1. The van der Waals surface area contributed by atoms with Crippen LogP contribution < -0.4 is 5.32 Å². The fourth-order valence-electron chi connectivity index (χ4n) is 1.50. The molecule has 1 aromatic rings. The lowest BCUT2D eigenvalue weighted by molar-refractivity contribution is 0.101. The smallest absolute Gasteiger partial charge is 0.164 e. The SMILES string of the molecule is CC(=O)c1c(C)nsc1NCCCN(C)C. The summed E-state index contributed by atoms with van der Waals surface area (Å²) in [7, 11) is 4.11. The molecule has 90 valence electrons. The zero-order chi connectivity index (χ0) is 12.1. The van der Waals surface area contributed by atoms with Gasteiger partial charge in [0.25, 0.3) is 0 Å². The Morgan fingerprint density at radius 2 is 2.19 bits per heavy atom. The van der Waals surface area contributed by atoms with Gasteiger partial charge in [0.2, 0.25) is 0 Å². The van der Waals surface area contributed by atoms with E-state index in [0.29, 0.717) is 0 Å². The number of nitrogens with one attached hydrogen (secondary N) is 1. The number of carbonyl (C=O) groups is 1. The zero-order valence-electron chi connectivity index (χ0n) is 10.3. The van der Waals surface area contributed by atoms with Crippen molar-refractivity contribution < 1.29 is 4.79 Å². The first-order valence-corrected chi connectivity index (χ1v) is 6.15. The van der Waals surface area contributed by atoms with E-state index in [1.807, 2.05) is 6.92 Å². The highest BCUT2D eigenvalue weighted by atomic mass is 32.1. The summed E-state index contributed by atoms with van der Waals surface area (Å²) < 4.78 is 4.20. The summed E-state index contributed by atoms with van der Waals surface area (Å²) in [4.78, 5) is 13.6. The van der Waals surface area contributed by atoms with Crippen molar-refractivity contribution in [3.63, 3.8) is 0 Å². The van der Waals surface area contributed by atoms with Gasteiger partial charge in [-0.2, -0.15) is 4.37 Å². The minimum atomic E-state index is 0.0846. The fraction of sp³-hybridized carbons (Fsp3) is 0.636. The third-order valence-electron chi connectivity index (χ3n) is 2.28. The van der Waals surface area contributed by atoms with E-state index in [-0.39, 0.29) is 5.78 Å². The van der Waals surface area contributed by atoms with E-state index in [0.717, 1.165) is 35.8 Å². The van der Waals surface area contributed by atoms with Crippen molar-refractivity contribution in [1.82, 2.24) is 9.27 Å². The summed E-state index contributed by atoms with van der Waals surface area (Å²) in [6, 6.07) is 0. The summed E-state index contributed by atoms with van der Waals surface area (Å²) in [5.41, 5.74) is 1.57. The van der Waals surface area contributed by atoms with Crippen LogP contribution in [0.25, 0.3) is 0 Å². The van der Waals surface area contributed by atoms with E-state index >= 15 is 0 Å². The predicted molar refractivity (Wildman–Crippen MR) is 68.5 cm³/mol. The van der Waals surface area contributed by atoms with Gasteiger partial charge in [0.05, 0.1) is 11.3 Å². The fourth-order valence-corrected chi connectivity index (χ4v) is 2.37. The lowest BCUT2D eigenvalue weighted by Gasteiger charge is -2.10. The molecule has 0 saturated carbocycles. The van der Waals surface area contributed by atoms with E-state index in [9.17, 15) is 4.79 Å². The Hall–Kier alpha value is -0.940. The van der Waals surface area contributed by atoms with Crippen LogP contribution in [0.3, 0.4) is 0 Å². The molecule has 0 atom stereocenters. The largest absolute Gasteiger partial charge is 0.375 e. The van der Waals surface area contributed by atoms with Crippen LogP contribution >= 0.6 is 11.5 Å². The molecule has 0 amide bonds. The Morgan fingerprint density at radius 3 is 2.75 bits per heavy atom. The third-order valence-corrected chi connectivity index (χ3v) is 3.18. The van der Waals surface area contributed by atoms with Crippen molar-refractivity contribution >= 4 is 22.3 Å². The number of nitrogens with zero attached hydrogens (tertiary/aromatic N) is 2. The average Bonchev–Trinajstić information content (AvgIpc) is 2.54.